The van der Waals surface area contributed by atoms with Gasteiger partial charge in [-0.15, -0.1) is 0 Å². The molecule has 0 unspecified atom stereocenters. The summed E-state index contributed by atoms with van der Waals surface area (Å²) in [6, 6.07) is 13.0. The average molecular weight is 490 g/mol. The van der Waals surface area contributed by atoms with Gasteiger partial charge in [0.1, 0.15) is 5.75 Å². The molecule has 0 amide bonds. The highest BCUT2D eigenvalue weighted by molar-refractivity contribution is 14.1. The Labute approximate surface area is 177 Å². The van der Waals surface area contributed by atoms with Gasteiger partial charge in [0.25, 0.3) is 0 Å². The number of aryl methyl sites for hydroxylation is 2. The minimum Gasteiger partial charge on any atom is -0.508 e. The maximum Gasteiger partial charge on any atom is 0.174 e. The smallest absolute Gasteiger partial charge is 0.174 e. The highest BCUT2D eigenvalue weighted by Crippen LogP contribution is 2.44. The SMILES string of the molecule is Cc1[nH]c(C)c([C@@H]2[C@H](c3ccccn3)NC(=S)N2c2ccc(O)cc2)c1I. The van der Waals surface area contributed by atoms with Gasteiger partial charge in [0.05, 0.1) is 17.8 Å². The van der Waals surface area contributed by atoms with Crippen LogP contribution in [0.2, 0.25) is 0 Å². The molecule has 4 rings (SSSR count). The van der Waals surface area contributed by atoms with Crippen molar-refractivity contribution in [1.29, 1.82) is 0 Å². The summed E-state index contributed by atoms with van der Waals surface area (Å²) < 4.78 is 1.20. The first-order valence-corrected chi connectivity index (χ1v) is 10.1. The molecule has 2 aromatic heterocycles. The van der Waals surface area contributed by atoms with Crippen molar-refractivity contribution in [3.63, 3.8) is 0 Å². The summed E-state index contributed by atoms with van der Waals surface area (Å²) >= 11 is 8.11. The number of rotatable bonds is 3. The lowest BCUT2D eigenvalue weighted by atomic mass is 9.96. The van der Waals surface area contributed by atoms with E-state index in [1.165, 1.54) is 9.13 Å². The highest BCUT2D eigenvalue weighted by Gasteiger charge is 2.42. The number of benzene rings is 1. The van der Waals surface area contributed by atoms with E-state index in [-0.39, 0.29) is 17.8 Å². The Morgan fingerprint density at radius 1 is 1.11 bits per heavy atom. The fourth-order valence-electron chi connectivity index (χ4n) is 3.66. The van der Waals surface area contributed by atoms with Crippen molar-refractivity contribution in [2.75, 3.05) is 4.90 Å². The predicted molar refractivity (Wildman–Crippen MR) is 119 cm³/mol. The Bertz CT molecular complexity index is 987. The zero-order valence-corrected chi connectivity index (χ0v) is 17.9. The van der Waals surface area contributed by atoms with E-state index in [0.717, 1.165) is 22.8 Å². The van der Waals surface area contributed by atoms with E-state index in [9.17, 15) is 5.11 Å². The summed E-state index contributed by atoms with van der Waals surface area (Å²) in [5.41, 5.74) is 5.36. The monoisotopic (exact) mass is 490 g/mol. The van der Waals surface area contributed by atoms with E-state index in [1.54, 1.807) is 18.3 Å². The molecule has 5 nitrogen and oxygen atoms in total. The summed E-state index contributed by atoms with van der Waals surface area (Å²) in [5.74, 6) is 0.234. The summed E-state index contributed by atoms with van der Waals surface area (Å²) in [7, 11) is 0. The number of thiocarbonyl (C=S) groups is 1. The molecule has 3 aromatic rings. The lowest BCUT2D eigenvalue weighted by molar-refractivity contribution is 0.475. The number of nitrogens with one attached hydrogen (secondary N) is 2. The van der Waals surface area contributed by atoms with Crippen molar-refractivity contribution >= 4 is 45.6 Å². The van der Waals surface area contributed by atoms with Gasteiger partial charge >= 0.3 is 0 Å². The number of phenols is 1. The van der Waals surface area contributed by atoms with Gasteiger partial charge in [0, 0.05) is 32.4 Å². The number of hydrogen-bond donors (Lipinski definition) is 3. The Morgan fingerprint density at radius 3 is 2.44 bits per heavy atom. The predicted octanol–water partition coefficient (Wildman–Crippen LogP) is 4.51. The van der Waals surface area contributed by atoms with Gasteiger partial charge in [-0.2, -0.15) is 0 Å². The van der Waals surface area contributed by atoms with Crippen LogP contribution < -0.4 is 10.2 Å². The van der Waals surface area contributed by atoms with Crippen LogP contribution in [-0.2, 0) is 0 Å². The molecule has 0 spiro atoms. The van der Waals surface area contributed by atoms with E-state index < -0.39 is 0 Å². The minimum absolute atomic E-state index is 0.0474. The molecular formula is C20H19IN4OS. The van der Waals surface area contributed by atoms with E-state index in [2.05, 4.69) is 56.6 Å². The maximum absolute atomic E-state index is 9.69. The number of anilines is 1. The summed E-state index contributed by atoms with van der Waals surface area (Å²) in [6.07, 6.45) is 1.81. The van der Waals surface area contributed by atoms with Crippen LogP contribution in [0, 0.1) is 17.4 Å². The van der Waals surface area contributed by atoms with Crippen LogP contribution in [0.1, 0.15) is 34.7 Å². The number of aromatic hydroxyl groups is 1. The standard InChI is InChI=1S/C20H19IN4OS/c1-11-16(17(21)12(2)23-11)19-18(15-5-3-4-10-22-15)24-20(27)25(19)13-6-8-14(26)9-7-13/h3-10,18-19,23,26H,1-2H3,(H,24,27)/t18-,19+/m0/s1. The second-order valence-electron chi connectivity index (χ2n) is 6.62. The van der Waals surface area contributed by atoms with Crippen molar-refractivity contribution in [3.05, 3.63) is 74.9 Å². The molecule has 1 fully saturated rings. The van der Waals surface area contributed by atoms with Crippen molar-refractivity contribution in [1.82, 2.24) is 15.3 Å². The third kappa shape index (κ3) is 3.19. The second kappa shape index (κ2) is 7.12. The van der Waals surface area contributed by atoms with Gasteiger partial charge in [0.2, 0.25) is 0 Å². The first kappa shape index (κ1) is 18.2. The number of hydrogen-bond acceptors (Lipinski definition) is 3. The van der Waals surface area contributed by atoms with Crippen LogP contribution in [0.15, 0.2) is 48.7 Å². The molecule has 0 aliphatic carbocycles. The molecule has 0 bridgehead atoms. The normalized spacial score (nSPS) is 19.4. The van der Waals surface area contributed by atoms with Crippen LogP contribution in [0.25, 0.3) is 0 Å². The number of halogens is 1. The van der Waals surface area contributed by atoms with Crippen LogP contribution in [0.4, 0.5) is 5.69 Å². The number of pyridine rings is 1. The molecule has 0 radical (unpaired) electrons. The van der Waals surface area contributed by atoms with Crippen molar-refractivity contribution in [2.24, 2.45) is 0 Å². The highest BCUT2D eigenvalue weighted by atomic mass is 127. The molecule has 27 heavy (non-hydrogen) atoms. The van der Waals surface area contributed by atoms with Crippen molar-refractivity contribution < 1.29 is 5.11 Å². The molecule has 7 heteroatoms. The van der Waals surface area contributed by atoms with Gasteiger partial charge in [-0.1, -0.05) is 6.07 Å². The summed E-state index contributed by atoms with van der Waals surface area (Å²) in [5, 5.41) is 13.8. The molecule has 2 atom stereocenters. The molecule has 3 N–H and O–H groups in total. The third-order valence-corrected chi connectivity index (χ3v) is 6.57. The lowest BCUT2D eigenvalue weighted by Crippen LogP contribution is -2.29. The molecule has 1 aliphatic heterocycles. The zero-order chi connectivity index (χ0) is 19.1. The van der Waals surface area contributed by atoms with E-state index in [1.807, 2.05) is 30.3 Å². The lowest BCUT2D eigenvalue weighted by Gasteiger charge is -2.28. The van der Waals surface area contributed by atoms with E-state index >= 15 is 0 Å². The average Bonchev–Trinajstić information content (AvgIpc) is 3.12. The molecule has 1 aromatic carbocycles. The first-order chi connectivity index (χ1) is 13.0. The number of aromatic nitrogens is 2. The summed E-state index contributed by atoms with van der Waals surface area (Å²) in [6.45, 7) is 4.18. The third-order valence-electron chi connectivity index (χ3n) is 4.87. The Hall–Kier alpha value is -2.13. The Morgan fingerprint density at radius 2 is 1.85 bits per heavy atom. The minimum atomic E-state index is -0.0741. The van der Waals surface area contributed by atoms with Gasteiger partial charge in [-0.05, 0) is 85.1 Å². The van der Waals surface area contributed by atoms with Gasteiger partial charge in [-0.25, -0.2) is 0 Å². The van der Waals surface area contributed by atoms with Crippen LogP contribution >= 0.6 is 34.8 Å². The van der Waals surface area contributed by atoms with Gasteiger partial charge < -0.3 is 20.3 Å². The molecule has 1 saturated heterocycles. The number of phenolic OH excluding ortho intramolecular Hbond substituents is 1. The van der Waals surface area contributed by atoms with Crippen molar-refractivity contribution in [3.8, 4) is 5.75 Å². The Balaban J connectivity index is 1.89. The van der Waals surface area contributed by atoms with Crippen LogP contribution in [0.5, 0.6) is 5.75 Å². The number of H-pyrrole nitrogens is 1. The van der Waals surface area contributed by atoms with Crippen LogP contribution in [0.3, 0.4) is 0 Å². The Kier molecular flexibility index (Phi) is 4.81. The topological polar surface area (TPSA) is 64.2 Å². The fourth-order valence-corrected chi connectivity index (χ4v) is 4.87. The first-order valence-electron chi connectivity index (χ1n) is 8.61. The van der Waals surface area contributed by atoms with Crippen LogP contribution in [-0.4, -0.2) is 20.2 Å². The molecule has 3 heterocycles. The van der Waals surface area contributed by atoms with E-state index in [0.29, 0.717) is 5.11 Å². The van der Waals surface area contributed by atoms with Gasteiger partial charge in [-0.3, -0.25) is 4.98 Å². The quantitative estimate of drug-likeness (QED) is 0.373. The fraction of sp³-hybridized carbons (Fsp3) is 0.200. The zero-order valence-electron chi connectivity index (χ0n) is 14.9. The molecule has 1 aliphatic rings. The largest absolute Gasteiger partial charge is 0.508 e. The number of aromatic amines is 1. The summed E-state index contributed by atoms with van der Waals surface area (Å²) in [4.78, 5) is 10.1. The maximum atomic E-state index is 9.69. The van der Waals surface area contributed by atoms with Gasteiger partial charge in [0.15, 0.2) is 5.11 Å². The molecule has 138 valence electrons. The van der Waals surface area contributed by atoms with E-state index in [4.69, 9.17) is 12.2 Å². The molecule has 0 saturated carbocycles. The van der Waals surface area contributed by atoms with Crippen molar-refractivity contribution in [2.45, 2.75) is 25.9 Å². The number of nitrogens with zero attached hydrogens (tertiary/aromatic N) is 2. The second-order valence-corrected chi connectivity index (χ2v) is 8.08. The molecular weight excluding hydrogens is 471 g/mol.